The number of fused-ring (bicyclic) bond motifs is 2. The Bertz CT molecular complexity index is 1310. The summed E-state index contributed by atoms with van der Waals surface area (Å²) < 4.78 is 1.53. The molecule has 8 nitrogen and oxygen atoms in total. The molecule has 0 aliphatic carbocycles. The summed E-state index contributed by atoms with van der Waals surface area (Å²) in [5, 5.41) is 19.3. The zero-order valence-corrected chi connectivity index (χ0v) is 16.3. The number of azo groups is 1. The number of carbonyl (C=O) groups is 1. The number of hydrogen-bond acceptors (Lipinski definition) is 6. The lowest BCUT2D eigenvalue weighted by molar-refractivity contribution is -0.115. The molecular weight excluding hydrogens is 390 g/mol. The summed E-state index contributed by atoms with van der Waals surface area (Å²) in [7, 11) is 0. The van der Waals surface area contributed by atoms with Gasteiger partial charge >= 0.3 is 0 Å². The molecule has 4 rings (SSSR count). The van der Waals surface area contributed by atoms with E-state index in [1.807, 2.05) is 25.1 Å². The van der Waals surface area contributed by atoms with E-state index in [0.717, 1.165) is 11.8 Å². The Kier molecular flexibility index (Phi) is 5.13. The van der Waals surface area contributed by atoms with Gasteiger partial charge in [0.25, 0.3) is 11.5 Å². The van der Waals surface area contributed by atoms with Crippen molar-refractivity contribution in [2.24, 2.45) is 10.2 Å². The van der Waals surface area contributed by atoms with Crippen LogP contribution < -0.4 is 5.56 Å². The Morgan fingerprint density at radius 2 is 1.90 bits per heavy atom. The average molecular weight is 407 g/mol. The standard InChI is InChI=1S/C20H17N5O3S/c1-2-25-19(28)13-8-4-6-10-15(13)22-20(25)29-11-16(26)23-24-17-12-7-3-5-9-14(12)21-18(17)27/h3-10,21,27H,2,11H2,1H3. The van der Waals surface area contributed by atoms with E-state index in [2.05, 4.69) is 20.2 Å². The topological polar surface area (TPSA) is 113 Å². The van der Waals surface area contributed by atoms with Crippen molar-refractivity contribution in [3.63, 3.8) is 0 Å². The van der Waals surface area contributed by atoms with E-state index < -0.39 is 5.91 Å². The molecule has 2 N–H and O–H groups in total. The summed E-state index contributed by atoms with van der Waals surface area (Å²) in [5.41, 5.74) is 1.36. The van der Waals surface area contributed by atoms with Crippen LogP contribution in [-0.2, 0) is 11.3 Å². The van der Waals surface area contributed by atoms with Gasteiger partial charge in [0.15, 0.2) is 10.8 Å². The summed E-state index contributed by atoms with van der Waals surface area (Å²) in [4.78, 5) is 32.1. The molecular formula is C20H17N5O3S. The number of aromatic amines is 1. The number of nitrogens with one attached hydrogen (secondary N) is 1. The van der Waals surface area contributed by atoms with Crippen molar-refractivity contribution in [3.8, 4) is 5.88 Å². The van der Waals surface area contributed by atoms with Crippen molar-refractivity contribution < 1.29 is 9.90 Å². The number of H-pyrrole nitrogens is 1. The molecule has 0 bridgehead atoms. The summed E-state index contributed by atoms with van der Waals surface area (Å²) in [6, 6.07) is 14.3. The molecule has 0 spiro atoms. The van der Waals surface area contributed by atoms with E-state index in [9.17, 15) is 14.7 Å². The molecule has 9 heteroatoms. The van der Waals surface area contributed by atoms with E-state index in [4.69, 9.17) is 0 Å². The third kappa shape index (κ3) is 3.64. The summed E-state index contributed by atoms with van der Waals surface area (Å²) >= 11 is 1.13. The van der Waals surface area contributed by atoms with Gasteiger partial charge in [-0.05, 0) is 25.1 Å². The molecule has 0 saturated heterocycles. The molecule has 0 saturated carbocycles. The number of aromatic hydroxyl groups is 1. The van der Waals surface area contributed by atoms with Crippen LogP contribution >= 0.6 is 11.8 Å². The highest BCUT2D eigenvalue weighted by atomic mass is 32.2. The second-order valence-electron chi connectivity index (χ2n) is 6.21. The average Bonchev–Trinajstić information content (AvgIpc) is 3.06. The van der Waals surface area contributed by atoms with Gasteiger partial charge < -0.3 is 10.1 Å². The molecule has 0 unspecified atom stereocenters. The van der Waals surface area contributed by atoms with Gasteiger partial charge in [0, 0.05) is 11.9 Å². The quantitative estimate of drug-likeness (QED) is 0.295. The van der Waals surface area contributed by atoms with Crippen molar-refractivity contribution >= 4 is 45.2 Å². The Balaban J connectivity index is 1.55. The van der Waals surface area contributed by atoms with Gasteiger partial charge in [-0.3, -0.25) is 14.2 Å². The van der Waals surface area contributed by atoms with E-state index in [0.29, 0.717) is 33.5 Å². The maximum Gasteiger partial charge on any atom is 0.275 e. The van der Waals surface area contributed by atoms with Crippen LogP contribution in [0.4, 0.5) is 5.69 Å². The largest absolute Gasteiger partial charge is 0.493 e. The lowest BCUT2D eigenvalue weighted by Gasteiger charge is -2.10. The van der Waals surface area contributed by atoms with Crippen molar-refractivity contribution in [2.75, 3.05) is 5.75 Å². The fraction of sp³-hybridized carbons (Fsp3) is 0.150. The Morgan fingerprint density at radius 3 is 2.69 bits per heavy atom. The maximum atomic E-state index is 12.6. The first kappa shape index (κ1) is 18.9. The molecule has 4 aromatic rings. The van der Waals surface area contributed by atoms with E-state index in [-0.39, 0.29) is 22.9 Å². The highest BCUT2D eigenvalue weighted by molar-refractivity contribution is 7.99. The Hall–Kier alpha value is -3.46. The monoisotopic (exact) mass is 407 g/mol. The fourth-order valence-electron chi connectivity index (χ4n) is 3.01. The second kappa shape index (κ2) is 7.88. The SMILES string of the molecule is CCn1c(SCC(=O)N=Nc2c(O)[nH]c3ccccc23)nc2ccccc2c1=O. The van der Waals surface area contributed by atoms with E-state index in [1.165, 1.54) is 4.57 Å². The Morgan fingerprint density at radius 1 is 1.17 bits per heavy atom. The van der Waals surface area contributed by atoms with Crippen molar-refractivity contribution in [3.05, 3.63) is 58.9 Å². The molecule has 0 fully saturated rings. The van der Waals surface area contributed by atoms with Gasteiger partial charge in [0.1, 0.15) is 0 Å². The number of carbonyl (C=O) groups excluding carboxylic acids is 1. The first-order valence-electron chi connectivity index (χ1n) is 8.95. The van der Waals surface area contributed by atoms with Gasteiger partial charge in [-0.15, -0.1) is 10.2 Å². The van der Waals surface area contributed by atoms with Crippen LogP contribution in [0.25, 0.3) is 21.8 Å². The second-order valence-corrected chi connectivity index (χ2v) is 7.15. The van der Waals surface area contributed by atoms with Crippen LogP contribution in [0.1, 0.15) is 6.92 Å². The number of aromatic nitrogens is 3. The van der Waals surface area contributed by atoms with Crippen molar-refractivity contribution in [1.29, 1.82) is 0 Å². The zero-order chi connectivity index (χ0) is 20.4. The van der Waals surface area contributed by atoms with Crippen LogP contribution in [0.5, 0.6) is 5.88 Å². The molecule has 0 atom stereocenters. The smallest absolute Gasteiger partial charge is 0.275 e. The molecule has 2 heterocycles. The van der Waals surface area contributed by atoms with Crippen molar-refractivity contribution in [1.82, 2.24) is 14.5 Å². The lowest BCUT2D eigenvalue weighted by atomic mass is 10.2. The molecule has 2 aromatic heterocycles. The van der Waals surface area contributed by atoms with Crippen molar-refractivity contribution in [2.45, 2.75) is 18.6 Å². The third-order valence-corrected chi connectivity index (χ3v) is 5.35. The van der Waals surface area contributed by atoms with Crippen LogP contribution in [0.15, 0.2) is 68.7 Å². The highest BCUT2D eigenvalue weighted by Crippen LogP contribution is 2.35. The minimum absolute atomic E-state index is 0.0304. The fourth-order valence-corrected chi connectivity index (χ4v) is 3.85. The van der Waals surface area contributed by atoms with Gasteiger partial charge in [-0.25, -0.2) is 4.98 Å². The summed E-state index contributed by atoms with van der Waals surface area (Å²) in [5.74, 6) is -0.673. The normalized spacial score (nSPS) is 11.6. The van der Waals surface area contributed by atoms with Crippen LogP contribution in [0.2, 0.25) is 0 Å². The molecule has 0 radical (unpaired) electrons. The zero-order valence-electron chi connectivity index (χ0n) is 15.5. The minimum Gasteiger partial charge on any atom is -0.493 e. The van der Waals surface area contributed by atoms with E-state index >= 15 is 0 Å². The molecule has 146 valence electrons. The molecule has 29 heavy (non-hydrogen) atoms. The summed E-state index contributed by atoms with van der Waals surface area (Å²) in [6.45, 7) is 2.29. The highest BCUT2D eigenvalue weighted by Gasteiger charge is 2.13. The predicted octanol–water partition coefficient (Wildman–Crippen LogP) is 4.01. The van der Waals surface area contributed by atoms with Crippen LogP contribution in [0, 0.1) is 0 Å². The van der Waals surface area contributed by atoms with Gasteiger partial charge in [0.2, 0.25) is 5.88 Å². The number of nitrogens with zero attached hydrogens (tertiary/aromatic N) is 4. The number of para-hydroxylation sites is 2. The number of hydrogen-bond donors (Lipinski definition) is 2. The van der Waals surface area contributed by atoms with Gasteiger partial charge in [0.05, 0.1) is 22.2 Å². The number of amides is 1. The molecule has 1 amide bonds. The maximum absolute atomic E-state index is 12.6. The number of rotatable bonds is 5. The molecule has 2 aromatic carbocycles. The van der Waals surface area contributed by atoms with Gasteiger partial charge in [-0.2, -0.15) is 0 Å². The molecule has 0 aliphatic rings. The van der Waals surface area contributed by atoms with E-state index in [1.54, 1.807) is 30.3 Å². The van der Waals surface area contributed by atoms with Gasteiger partial charge in [-0.1, -0.05) is 42.1 Å². The lowest BCUT2D eigenvalue weighted by Crippen LogP contribution is -2.22. The first-order valence-corrected chi connectivity index (χ1v) is 9.93. The molecule has 0 aliphatic heterocycles. The van der Waals surface area contributed by atoms with Crippen LogP contribution in [-0.4, -0.2) is 31.3 Å². The number of thioether (sulfide) groups is 1. The number of benzene rings is 2. The first-order chi connectivity index (χ1) is 14.1. The third-order valence-electron chi connectivity index (χ3n) is 4.39. The Labute approximate surface area is 169 Å². The van der Waals surface area contributed by atoms with Crippen LogP contribution in [0.3, 0.4) is 0 Å². The predicted molar refractivity (Wildman–Crippen MR) is 112 cm³/mol. The summed E-state index contributed by atoms with van der Waals surface area (Å²) in [6.07, 6.45) is 0. The minimum atomic E-state index is -0.496.